The van der Waals surface area contributed by atoms with Gasteiger partial charge in [0.1, 0.15) is 6.61 Å². The zero-order valence-corrected chi connectivity index (χ0v) is 12.7. The van der Waals surface area contributed by atoms with Gasteiger partial charge in [0.05, 0.1) is 12.6 Å². The summed E-state index contributed by atoms with van der Waals surface area (Å²) in [4.78, 5) is 16.0. The number of hydrogen-bond acceptors (Lipinski definition) is 7. The maximum Gasteiger partial charge on any atom is 0.369 e. The largest absolute Gasteiger partial charge is 0.465 e. The van der Waals surface area contributed by atoms with Crippen molar-refractivity contribution in [1.29, 1.82) is 0 Å². The van der Waals surface area contributed by atoms with Gasteiger partial charge in [-0.1, -0.05) is 17.9 Å². The van der Waals surface area contributed by atoms with Gasteiger partial charge in [-0.25, -0.2) is 14.5 Å². The molecule has 0 N–H and O–H groups in total. The Balaban J connectivity index is 2.02. The second kappa shape index (κ2) is 5.56. The van der Waals surface area contributed by atoms with E-state index < -0.39 is 5.69 Å². The zero-order valence-electron chi connectivity index (χ0n) is 12.9. The second-order valence-electron chi connectivity index (χ2n) is 4.34. The van der Waals surface area contributed by atoms with Crippen molar-refractivity contribution in [2.75, 3.05) is 0 Å². The smallest absolute Gasteiger partial charge is 0.369 e. The lowest BCUT2D eigenvalue weighted by atomic mass is 10.2. The van der Waals surface area contributed by atoms with Crippen LogP contribution in [-0.2, 0) is 20.7 Å². The minimum atomic E-state index is -0.396. The zero-order chi connectivity index (χ0) is 16.6. The first-order valence-corrected chi connectivity index (χ1v) is 7.12. The molecule has 22 heavy (non-hydrogen) atoms. The number of thiazole rings is 1. The van der Waals surface area contributed by atoms with Crippen LogP contribution in [0.15, 0.2) is 22.9 Å². The second-order valence-corrected chi connectivity index (χ2v) is 5.16. The van der Waals surface area contributed by atoms with Gasteiger partial charge in [0.25, 0.3) is 5.19 Å². The molecule has 0 spiro atoms. The Morgan fingerprint density at radius 2 is 2.27 bits per heavy atom. The molecule has 0 radical (unpaired) electrons. The lowest BCUT2D eigenvalue weighted by Gasteiger charge is -2.05. The highest BCUT2D eigenvalue weighted by Gasteiger charge is 2.20. The minimum Gasteiger partial charge on any atom is -0.465 e. The van der Waals surface area contributed by atoms with E-state index in [1.165, 1.54) is 23.1 Å². The predicted molar refractivity (Wildman–Crippen MR) is 79.9 cm³/mol. The van der Waals surface area contributed by atoms with Crippen molar-refractivity contribution in [2.45, 2.75) is 6.61 Å². The highest BCUT2D eigenvalue weighted by Crippen LogP contribution is 2.21. The number of hydrogen-bond donors (Lipinski definition) is 0. The maximum atomic E-state index is 12.1. The first-order chi connectivity index (χ1) is 11.0. The van der Waals surface area contributed by atoms with Crippen LogP contribution in [0, 0.1) is 0 Å². The van der Waals surface area contributed by atoms with Crippen LogP contribution in [0.1, 0.15) is 12.6 Å². The van der Waals surface area contributed by atoms with E-state index in [-0.39, 0.29) is 12.8 Å². The molecule has 0 atom stereocenters. The molecule has 0 aliphatic carbocycles. The fourth-order valence-electron chi connectivity index (χ4n) is 1.98. The Kier molecular flexibility index (Phi) is 3.27. The fourth-order valence-corrected chi connectivity index (χ4v) is 2.41. The maximum absolute atomic E-state index is 12.1. The molecule has 10 heteroatoms. The van der Waals surface area contributed by atoms with E-state index >= 15 is 0 Å². The van der Waals surface area contributed by atoms with Crippen LogP contribution in [-0.4, -0.2) is 34.6 Å². The molecule has 0 unspecified atom stereocenters. The van der Waals surface area contributed by atoms with E-state index in [4.69, 9.17) is 6.11 Å². The topological polar surface area (TPSA) is 92.7 Å². The van der Waals surface area contributed by atoms with Crippen molar-refractivity contribution < 1.29 is 6.11 Å². The summed E-state index contributed by atoms with van der Waals surface area (Å²) < 4.78 is 16.8. The number of aromatic nitrogens is 7. The summed E-state index contributed by atoms with van der Waals surface area (Å²) in [7, 11) is 3.20. The van der Waals surface area contributed by atoms with E-state index in [1.54, 1.807) is 18.5 Å². The van der Waals surface area contributed by atoms with Gasteiger partial charge in [-0.2, -0.15) is 9.78 Å². The third-order valence-corrected chi connectivity index (χ3v) is 3.60. The fraction of sp³-hybridized carbons (Fsp3) is 0.250. The summed E-state index contributed by atoms with van der Waals surface area (Å²) in [5.41, 5.74) is 0.807. The van der Waals surface area contributed by atoms with Crippen molar-refractivity contribution >= 4 is 17.4 Å². The van der Waals surface area contributed by atoms with E-state index in [2.05, 4.69) is 27.1 Å². The quantitative estimate of drug-likeness (QED) is 0.674. The average Bonchev–Trinajstić information content (AvgIpc) is 3.17. The number of rotatable bonds is 5. The Hall–Kier alpha value is -2.75. The minimum absolute atomic E-state index is 0.112. The Labute approximate surface area is 130 Å². The van der Waals surface area contributed by atoms with Crippen LogP contribution in [0.25, 0.3) is 11.9 Å². The Morgan fingerprint density at radius 1 is 1.45 bits per heavy atom. The lowest BCUT2D eigenvalue weighted by Crippen LogP contribution is -2.24. The lowest BCUT2D eigenvalue weighted by molar-refractivity contribution is 0.303. The summed E-state index contributed by atoms with van der Waals surface area (Å²) in [5, 5.41) is 13.8. The van der Waals surface area contributed by atoms with E-state index in [0.717, 1.165) is 9.36 Å². The molecule has 0 aliphatic rings. The molecule has 114 valence electrons. The first-order valence-electron chi connectivity index (χ1n) is 6.74. The summed E-state index contributed by atoms with van der Waals surface area (Å²) in [5.74, 6) is 0.445. The van der Waals surface area contributed by atoms with Crippen LogP contribution in [0.4, 0.5) is 0 Å². The molecule has 0 saturated heterocycles. The molecule has 0 aromatic carbocycles. The predicted octanol–water partition coefficient (Wildman–Crippen LogP) is 0.378. The normalized spacial score (nSPS) is 11.5. The third kappa shape index (κ3) is 2.33. The van der Waals surface area contributed by atoms with Gasteiger partial charge in [-0.3, -0.25) is 0 Å². The monoisotopic (exact) mass is 321 g/mol. The molecule has 0 fully saturated rings. The molecule has 3 aromatic heterocycles. The SMILES string of the molecule is [3H]c1csc(OCc2c(C=C)nn(C)c2-n2nnn(C)c2=O)n1. The van der Waals surface area contributed by atoms with Crippen molar-refractivity contribution in [3.8, 4) is 11.0 Å². The third-order valence-electron chi connectivity index (χ3n) is 2.97. The first kappa shape index (κ1) is 13.0. The molecule has 9 nitrogen and oxygen atoms in total. The van der Waals surface area contributed by atoms with E-state index in [1.807, 2.05) is 0 Å². The van der Waals surface area contributed by atoms with Crippen molar-refractivity contribution in [3.05, 3.63) is 39.9 Å². The molecule has 0 aliphatic heterocycles. The van der Waals surface area contributed by atoms with Gasteiger partial charge >= 0.3 is 5.69 Å². The van der Waals surface area contributed by atoms with Gasteiger partial charge in [0.2, 0.25) is 0 Å². The van der Waals surface area contributed by atoms with Crippen LogP contribution in [0.3, 0.4) is 0 Å². The van der Waals surface area contributed by atoms with Crippen LogP contribution < -0.4 is 10.4 Å². The van der Waals surface area contributed by atoms with Crippen LogP contribution in [0.5, 0.6) is 5.19 Å². The molecule has 0 saturated carbocycles. The number of nitrogens with zero attached hydrogens (tertiary/aromatic N) is 7. The molecule has 3 heterocycles. The van der Waals surface area contributed by atoms with Crippen molar-refractivity contribution in [2.24, 2.45) is 14.1 Å². The summed E-state index contributed by atoms with van der Waals surface area (Å²) in [6.07, 6.45) is 1.71. The molecule has 0 bridgehead atoms. The van der Waals surface area contributed by atoms with Gasteiger partial charge in [-0.15, -0.1) is 4.68 Å². The summed E-state index contributed by atoms with van der Waals surface area (Å²) >= 11 is 1.22. The van der Waals surface area contributed by atoms with Crippen LogP contribution >= 0.6 is 11.3 Å². The van der Waals surface area contributed by atoms with Gasteiger partial charge in [-0.05, 0) is 16.5 Å². The van der Waals surface area contributed by atoms with Crippen molar-refractivity contribution in [1.82, 2.24) is 34.6 Å². The molecule has 3 rings (SSSR count). The van der Waals surface area contributed by atoms with Gasteiger partial charge in [0.15, 0.2) is 5.82 Å². The highest BCUT2D eigenvalue weighted by atomic mass is 32.1. The molecular formula is C12H13N7O2S. The number of aryl methyl sites for hydroxylation is 2. The Bertz CT molecular complexity index is 922. The van der Waals surface area contributed by atoms with E-state index in [9.17, 15) is 4.79 Å². The summed E-state index contributed by atoms with van der Waals surface area (Å²) in [6.45, 7) is 3.84. The van der Waals surface area contributed by atoms with Crippen molar-refractivity contribution in [3.63, 3.8) is 0 Å². The average molecular weight is 321 g/mol. The molecule has 0 amide bonds. The highest BCUT2D eigenvalue weighted by molar-refractivity contribution is 7.11. The van der Waals surface area contributed by atoms with Gasteiger partial charge in [0, 0.05) is 25.6 Å². The number of tetrazole rings is 1. The van der Waals surface area contributed by atoms with Crippen LogP contribution in [0.2, 0.25) is 0 Å². The van der Waals surface area contributed by atoms with E-state index in [0.29, 0.717) is 22.3 Å². The number of ether oxygens (including phenoxy) is 1. The van der Waals surface area contributed by atoms with Gasteiger partial charge < -0.3 is 4.74 Å². The molecule has 3 aromatic rings. The standard InChI is InChI=1S/C12H13N7O2S/c1-4-9-8(7-21-11-13-5-6-22-11)10(17(2)14-9)19-12(20)18(3)15-16-19/h4-6H,1,7H2,2-3H3/i5T. The summed E-state index contributed by atoms with van der Waals surface area (Å²) in [6, 6.07) is 0. The Morgan fingerprint density at radius 3 is 2.86 bits per heavy atom. The molecular weight excluding hydrogens is 306 g/mol.